The molecule has 0 amide bonds. The van der Waals surface area contributed by atoms with E-state index in [2.05, 4.69) is 85.8 Å². The second kappa shape index (κ2) is 16.1. The molecular weight excluding hydrogens is 612 g/mol. The summed E-state index contributed by atoms with van der Waals surface area (Å²) in [7, 11) is 0. The van der Waals surface area contributed by atoms with Crippen LogP contribution in [0, 0.1) is 18.8 Å². The van der Waals surface area contributed by atoms with Crippen molar-refractivity contribution in [3.05, 3.63) is 113 Å². The third-order valence-corrected chi connectivity index (χ3v) is 10.6. The maximum atomic E-state index is 13.8. The SMILES string of the molecule is C/C=C\C=C1/CC(CC(C)C(=O)OCCCCO)(C2(CC(C)C(=O)OCCCCO)c3ccccc3-c3ccc(C)cc32)c2ccccc21. The summed E-state index contributed by atoms with van der Waals surface area (Å²) in [5, 5.41) is 18.5. The van der Waals surface area contributed by atoms with Crippen molar-refractivity contribution in [3.8, 4) is 11.1 Å². The Balaban J connectivity index is 1.75. The summed E-state index contributed by atoms with van der Waals surface area (Å²) in [4.78, 5) is 27.6. The van der Waals surface area contributed by atoms with Crippen LogP contribution in [0.15, 0.2) is 85.0 Å². The van der Waals surface area contributed by atoms with Crippen LogP contribution in [0.25, 0.3) is 16.7 Å². The fourth-order valence-corrected chi connectivity index (χ4v) is 8.41. The highest BCUT2D eigenvalue weighted by Crippen LogP contribution is 2.67. The molecular formula is C43H52O6. The highest BCUT2D eigenvalue weighted by molar-refractivity contribution is 5.87. The van der Waals surface area contributed by atoms with Crippen LogP contribution in [0.5, 0.6) is 0 Å². The first-order chi connectivity index (χ1) is 23.7. The van der Waals surface area contributed by atoms with Gasteiger partial charge in [0.2, 0.25) is 0 Å². The van der Waals surface area contributed by atoms with Gasteiger partial charge >= 0.3 is 11.9 Å². The summed E-state index contributed by atoms with van der Waals surface area (Å²) >= 11 is 0. The summed E-state index contributed by atoms with van der Waals surface area (Å²) in [5.74, 6) is -1.40. The van der Waals surface area contributed by atoms with Gasteiger partial charge in [-0.3, -0.25) is 9.59 Å². The topological polar surface area (TPSA) is 93.1 Å². The lowest BCUT2D eigenvalue weighted by Gasteiger charge is -2.51. The zero-order valence-corrected chi connectivity index (χ0v) is 29.5. The van der Waals surface area contributed by atoms with Crippen molar-refractivity contribution in [2.75, 3.05) is 26.4 Å². The molecule has 2 aliphatic carbocycles. The number of aliphatic hydroxyl groups is 2. The number of ether oxygens (including phenoxy) is 2. The number of esters is 2. The van der Waals surface area contributed by atoms with Crippen molar-refractivity contribution in [2.24, 2.45) is 11.8 Å². The molecule has 4 atom stereocenters. The van der Waals surface area contributed by atoms with Gasteiger partial charge in [-0.2, -0.15) is 0 Å². The summed E-state index contributed by atoms with van der Waals surface area (Å²) in [6.45, 7) is 8.75. The lowest BCUT2D eigenvalue weighted by molar-refractivity contribution is -0.150. The molecule has 0 saturated carbocycles. The van der Waals surface area contributed by atoms with Crippen LogP contribution < -0.4 is 0 Å². The van der Waals surface area contributed by atoms with Gasteiger partial charge in [0.25, 0.3) is 0 Å². The summed E-state index contributed by atoms with van der Waals surface area (Å²) in [6, 6.07) is 23.8. The van der Waals surface area contributed by atoms with E-state index in [1.54, 1.807) is 0 Å². The largest absolute Gasteiger partial charge is 0.465 e. The van der Waals surface area contributed by atoms with Crippen LogP contribution in [0.3, 0.4) is 0 Å². The van der Waals surface area contributed by atoms with Crippen molar-refractivity contribution in [2.45, 2.75) is 83.5 Å². The third-order valence-electron chi connectivity index (χ3n) is 10.6. The zero-order chi connectivity index (χ0) is 35.0. The van der Waals surface area contributed by atoms with E-state index in [9.17, 15) is 19.8 Å². The lowest BCUT2D eigenvalue weighted by atomic mass is 9.51. The number of aliphatic hydroxyl groups excluding tert-OH is 2. The fraction of sp³-hybridized carbons (Fsp3) is 0.442. The van der Waals surface area contributed by atoms with Gasteiger partial charge < -0.3 is 19.7 Å². The van der Waals surface area contributed by atoms with E-state index in [1.165, 1.54) is 27.8 Å². The van der Waals surface area contributed by atoms with E-state index in [0.29, 0.717) is 44.9 Å². The highest BCUT2D eigenvalue weighted by Gasteiger charge is 2.62. The molecule has 0 heterocycles. The van der Waals surface area contributed by atoms with Gasteiger partial charge in [-0.1, -0.05) is 104 Å². The summed E-state index contributed by atoms with van der Waals surface area (Å²) in [5.41, 5.74) is 8.03. The molecule has 49 heavy (non-hydrogen) atoms. The normalized spacial score (nSPS) is 21.3. The molecule has 0 fully saturated rings. The Morgan fingerprint density at radius 1 is 0.755 bits per heavy atom. The Labute approximate surface area is 291 Å². The average Bonchev–Trinajstić information content (AvgIpc) is 3.58. The minimum Gasteiger partial charge on any atom is -0.465 e. The first-order valence-electron chi connectivity index (χ1n) is 17.9. The second-order valence-corrected chi connectivity index (χ2v) is 13.9. The number of hydrogen-bond donors (Lipinski definition) is 2. The minimum absolute atomic E-state index is 0.0657. The van der Waals surface area contributed by atoms with Crippen molar-refractivity contribution >= 4 is 17.5 Å². The number of rotatable bonds is 16. The maximum absolute atomic E-state index is 13.8. The Morgan fingerprint density at radius 2 is 1.33 bits per heavy atom. The van der Waals surface area contributed by atoms with Gasteiger partial charge in [-0.15, -0.1) is 0 Å². The Kier molecular flexibility index (Phi) is 12.0. The first-order valence-corrected chi connectivity index (χ1v) is 17.9. The monoisotopic (exact) mass is 664 g/mol. The molecule has 2 aliphatic rings. The molecule has 0 spiro atoms. The molecule has 0 aliphatic heterocycles. The van der Waals surface area contributed by atoms with Gasteiger partial charge in [0.15, 0.2) is 0 Å². The maximum Gasteiger partial charge on any atom is 0.308 e. The lowest BCUT2D eigenvalue weighted by Crippen LogP contribution is -2.51. The predicted octanol–water partition coefficient (Wildman–Crippen LogP) is 8.25. The Bertz CT molecular complexity index is 1690. The molecule has 4 unspecified atom stereocenters. The average molecular weight is 665 g/mol. The van der Waals surface area contributed by atoms with E-state index in [1.807, 2.05) is 26.8 Å². The van der Waals surface area contributed by atoms with E-state index in [-0.39, 0.29) is 38.4 Å². The molecule has 2 N–H and O–H groups in total. The molecule has 3 aromatic carbocycles. The molecule has 0 saturated heterocycles. The van der Waals surface area contributed by atoms with Crippen LogP contribution in [0.2, 0.25) is 0 Å². The molecule has 260 valence electrons. The number of carbonyl (C=O) groups is 2. The molecule has 0 bridgehead atoms. The molecule has 6 nitrogen and oxygen atoms in total. The van der Waals surface area contributed by atoms with Gasteiger partial charge in [-0.05, 0) is 97.7 Å². The van der Waals surface area contributed by atoms with Gasteiger partial charge in [0.05, 0.1) is 25.0 Å². The Morgan fingerprint density at radius 3 is 1.96 bits per heavy atom. The number of allylic oxidation sites excluding steroid dienone is 4. The number of fused-ring (bicyclic) bond motifs is 4. The van der Waals surface area contributed by atoms with Crippen molar-refractivity contribution < 1.29 is 29.3 Å². The van der Waals surface area contributed by atoms with Crippen LogP contribution in [0.1, 0.15) is 93.5 Å². The first kappa shape index (κ1) is 36.3. The van der Waals surface area contributed by atoms with E-state index in [0.717, 1.165) is 16.7 Å². The predicted molar refractivity (Wildman–Crippen MR) is 195 cm³/mol. The fourth-order valence-electron chi connectivity index (χ4n) is 8.41. The molecule has 0 aromatic heterocycles. The van der Waals surface area contributed by atoms with E-state index < -0.39 is 22.7 Å². The smallest absolute Gasteiger partial charge is 0.308 e. The van der Waals surface area contributed by atoms with Crippen LogP contribution in [-0.2, 0) is 29.9 Å². The second-order valence-electron chi connectivity index (χ2n) is 13.9. The van der Waals surface area contributed by atoms with Crippen LogP contribution in [0.4, 0.5) is 0 Å². The standard InChI is InChI=1S/C43H52O6/c1-5-6-15-33-29-42(37-18-9-7-16-34(33)37,27-31(3)40(46)48-24-13-11-22-44)43(28-32(4)41(47)49-25-14-12-23-45)38-19-10-8-17-35(38)36-21-20-30(2)26-39(36)43/h5-10,15-21,26,31-32,44-45H,11-14,22-25,27-29H2,1-4H3/b6-5-,33-15+. The summed E-state index contributed by atoms with van der Waals surface area (Å²) in [6.07, 6.45) is 10.4. The molecule has 5 rings (SSSR count). The zero-order valence-electron chi connectivity index (χ0n) is 29.5. The minimum atomic E-state index is -0.693. The van der Waals surface area contributed by atoms with E-state index in [4.69, 9.17) is 9.47 Å². The molecule has 6 heteroatoms. The third kappa shape index (κ3) is 7.04. The number of hydrogen-bond acceptors (Lipinski definition) is 6. The number of benzene rings is 3. The van der Waals surface area contributed by atoms with Gasteiger partial charge in [0, 0.05) is 24.0 Å². The van der Waals surface area contributed by atoms with Gasteiger partial charge in [-0.25, -0.2) is 0 Å². The van der Waals surface area contributed by atoms with Crippen LogP contribution >= 0.6 is 0 Å². The van der Waals surface area contributed by atoms with Crippen LogP contribution in [-0.4, -0.2) is 48.6 Å². The quantitative estimate of drug-likeness (QED) is 0.118. The number of unbranched alkanes of at least 4 members (excludes halogenated alkanes) is 2. The molecule has 3 aromatic rings. The van der Waals surface area contributed by atoms with E-state index >= 15 is 0 Å². The van der Waals surface area contributed by atoms with Crippen molar-refractivity contribution in [3.63, 3.8) is 0 Å². The molecule has 0 radical (unpaired) electrons. The Hall–Kier alpha value is -4.00. The van der Waals surface area contributed by atoms with Crippen molar-refractivity contribution in [1.29, 1.82) is 0 Å². The number of aryl methyl sites for hydroxylation is 1. The summed E-state index contributed by atoms with van der Waals surface area (Å²) < 4.78 is 11.6. The number of carbonyl (C=O) groups excluding carboxylic acids is 2. The van der Waals surface area contributed by atoms with Crippen molar-refractivity contribution in [1.82, 2.24) is 0 Å². The highest BCUT2D eigenvalue weighted by atomic mass is 16.5. The van der Waals surface area contributed by atoms with Gasteiger partial charge in [0.1, 0.15) is 0 Å².